The maximum Gasteiger partial charge on any atom is 0.170 e. The van der Waals surface area contributed by atoms with Crippen molar-refractivity contribution in [3.05, 3.63) is 27.2 Å². The minimum atomic E-state index is -0.342. The largest absolute Gasteiger partial charge is 0.506 e. The van der Waals surface area contributed by atoms with Crippen molar-refractivity contribution in [3.8, 4) is 5.75 Å². The maximum atomic E-state index is 13.2. The number of hydrogen-bond acceptors (Lipinski definition) is 2. The number of phenols is 1. The Morgan fingerprint density at radius 2 is 1.86 bits per heavy atom. The molecule has 0 aliphatic heterocycles. The molecule has 4 heteroatoms. The monoisotopic (exact) mass is 326 g/mol. The highest BCUT2D eigenvalue weighted by Gasteiger charge is 2.45. The molecule has 1 fully saturated rings. The molecule has 1 unspecified atom stereocenters. The van der Waals surface area contributed by atoms with Gasteiger partial charge in [-0.3, -0.25) is 4.79 Å². The Morgan fingerprint density at radius 1 is 1.19 bits per heavy atom. The van der Waals surface area contributed by atoms with Crippen LogP contribution in [0.1, 0.15) is 61.4 Å². The second-order valence-electron chi connectivity index (χ2n) is 6.64. The van der Waals surface area contributed by atoms with Gasteiger partial charge in [-0.25, -0.2) is 0 Å². The van der Waals surface area contributed by atoms with E-state index in [9.17, 15) is 9.90 Å². The smallest absolute Gasteiger partial charge is 0.170 e. The summed E-state index contributed by atoms with van der Waals surface area (Å²) in [7, 11) is 0. The third-order valence-electron chi connectivity index (χ3n) is 5.41. The zero-order chi connectivity index (χ0) is 15.2. The molecule has 114 valence electrons. The number of hydrogen-bond donors (Lipinski definition) is 1. The van der Waals surface area contributed by atoms with Gasteiger partial charge in [0.05, 0.1) is 5.02 Å². The lowest BCUT2D eigenvalue weighted by molar-refractivity contribution is 0.0690. The maximum absolute atomic E-state index is 13.2. The summed E-state index contributed by atoms with van der Waals surface area (Å²) in [6.07, 6.45) is 7.29. The van der Waals surface area contributed by atoms with Crippen molar-refractivity contribution in [2.45, 2.75) is 51.9 Å². The zero-order valence-electron chi connectivity index (χ0n) is 12.2. The number of halogens is 2. The minimum Gasteiger partial charge on any atom is -0.506 e. The molecule has 1 saturated carbocycles. The highest BCUT2D eigenvalue weighted by atomic mass is 35.5. The van der Waals surface area contributed by atoms with Crippen LogP contribution in [0.25, 0.3) is 0 Å². The van der Waals surface area contributed by atoms with Gasteiger partial charge < -0.3 is 5.11 Å². The molecule has 21 heavy (non-hydrogen) atoms. The van der Waals surface area contributed by atoms with Crippen molar-refractivity contribution in [3.63, 3.8) is 0 Å². The Labute approximate surface area is 135 Å². The zero-order valence-corrected chi connectivity index (χ0v) is 13.7. The molecule has 1 atom stereocenters. The molecular formula is C17H20Cl2O2. The lowest BCUT2D eigenvalue weighted by Crippen LogP contribution is -2.34. The van der Waals surface area contributed by atoms with Crippen molar-refractivity contribution in [2.75, 3.05) is 0 Å². The third kappa shape index (κ3) is 2.37. The van der Waals surface area contributed by atoms with Gasteiger partial charge in [0, 0.05) is 11.0 Å². The van der Waals surface area contributed by atoms with Crippen molar-refractivity contribution in [1.82, 2.24) is 0 Å². The van der Waals surface area contributed by atoms with E-state index in [4.69, 9.17) is 23.2 Å². The molecule has 0 saturated heterocycles. The van der Waals surface area contributed by atoms with Gasteiger partial charge in [0.1, 0.15) is 10.8 Å². The van der Waals surface area contributed by atoms with Gasteiger partial charge in [-0.15, -0.1) is 0 Å². The first-order valence-electron chi connectivity index (χ1n) is 7.70. The van der Waals surface area contributed by atoms with Crippen LogP contribution in [-0.2, 0) is 6.42 Å². The Balaban J connectivity index is 2.11. The molecule has 0 spiro atoms. The van der Waals surface area contributed by atoms with Crippen molar-refractivity contribution in [1.29, 1.82) is 0 Å². The average Bonchev–Trinajstić information content (AvgIpc) is 2.95. The number of ketones is 1. The number of fused-ring (bicyclic) bond motifs is 1. The number of carbonyl (C=O) groups is 1. The number of rotatable bonds is 1. The summed E-state index contributed by atoms with van der Waals surface area (Å²) in [4.78, 5) is 13.2. The summed E-state index contributed by atoms with van der Waals surface area (Å²) in [6.45, 7) is 2.09. The van der Waals surface area contributed by atoms with Crippen LogP contribution in [0.15, 0.2) is 6.07 Å². The second kappa shape index (κ2) is 5.48. The fourth-order valence-corrected chi connectivity index (χ4v) is 4.56. The summed E-state index contributed by atoms with van der Waals surface area (Å²) in [5.41, 5.74) is 1.05. The van der Waals surface area contributed by atoms with E-state index in [0.29, 0.717) is 11.5 Å². The van der Waals surface area contributed by atoms with E-state index in [-0.39, 0.29) is 27.0 Å². The molecule has 2 aliphatic carbocycles. The Bertz CT molecular complexity index is 591. The van der Waals surface area contributed by atoms with E-state index < -0.39 is 0 Å². The number of carbonyl (C=O) groups excluding carboxylic acids is 1. The lowest BCUT2D eigenvalue weighted by Gasteiger charge is -2.33. The van der Waals surface area contributed by atoms with Gasteiger partial charge in [-0.1, -0.05) is 43.0 Å². The third-order valence-corrected chi connectivity index (χ3v) is 6.27. The van der Waals surface area contributed by atoms with Crippen LogP contribution in [0.5, 0.6) is 5.75 Å². The highest BCUT2D eigenvalue weighted by molar-refractivity contribution is 6.45. The molecule has 0 heterocycles. The standard InChI is InChI=1S/C17H20Cl2O2/c1-17(11-6-2-3-7-11)8-4-5-10-9-12(20)14(18)15(19)13(10)16(17)21/h9,11,20H,2-8H2,1H3. The van der Waals surface area contributed by atoms with Crippen LogP contribution in [-0.4, -0.2) is 10.9 Å². The van der Waals surface area contributed by atoms with Crippen LogP contribution in [0.2, 0.25) is 10.0 Å². The van der Waals surface area contributed by atoms with Crippen LogP contribution in [0.3, 0.4) is 0 Å². The lowest BCUT2D eigenvalue weighted by atomic mass is 9.69. The Hall–Kier alpha value is -0.730. The SMILES string of the molecule is CC1(C2CCCC2)CCCc2cc(O)c(Cl)c(Cl)c2C1=O. The van der Waals surface area contributed by atoms with Crippen molar-refractivity contribution in [2.24, 2.45) is 11.3 Å². The van der Waals surface area contributed by atoms with Crippen LogP contribution >= 0.6 is 23.2 Å². The first-order valence-corrected chi connectivity index (χ1v) is 8.45. The molecule has 0 aromatic heterocycles. The van der Waals surface area contributed by atoms with Gasteiger partial charge in [0.2, 0.25) is 0 Å². The first-order chi connectivity index (χ1) is 9.95. The number of benzene rings is 1. The molecule has 1 aromatic carbocycles. The van der Waals surface area contributed by atoms with E-state index in [1.54, 1.807) is 6.07 Å². The first kappa shape index (κ1) is 15.2. The fraction of sp³-hybridized carbons (Fsp3) is 0.588. The minimum absolute atomic E-state index is 0.0299. The molecule has 0 amide bonds. The molecule has 1 N–H and O–H groups in total. The second-order valence-corrected chi connectivity index (χ2v) is 7.40. The molecular weight excluding hydrogens is 307 g/mol. The quantitative estimate of drug-likeness (QED) is 0.700. The summed E-state index contributed by atoms with van der Waals surface area (Å²) in [6, 6.07) is 1.61. The van der Waals surface area contributed by atoms with E-state index in [1.165, 1.54) is 12.8 Å². The fourth-order valence-electron chi connectivity index (χ4n) is 4.10. The molecule has 0 radical (unpaired) electrons. The van der Waals surface area contributed by atoms with E-state index >= 15 is 0 Å². The molecule has 2 aliphatic rings. The van der Waals surface area contributed by atoms with Gasteiger partial charge in [0.25, 0.3) is 0 Å². The summed E-state index contributed by atoms with van der Waals surface area (Å²) >= 11 is 12.4. The summed E-state index contributed by atoms with van der Waals surface area (Å²) in [5.74, 6) is 0.533. The number of aryl methyl sites for hydroxylation is 1. The number of Topliss-reactive ketones (excluding diaryl/α,β-unsaturated/α-hetero) is 1. The molecule has 3 rings (SSSR count). The normalized spacial score (nSPS) is 26.7. The van der Waals surface area contributed by atoms with E-state index in [0.717, 1.165) is 37.7 Å². The summed E-state index contributed by atoms with van der Waals surface area (Å²) in [5, 5.41) is 10.2. The predicted octanol–water partition coefficient (Wildman–Crippen LogP) is 5.41. The average molecular weight is 327 g/mol. The van der Waals surface area contributed by atoms with Gasteiger partial charge in [0.15, 0.2) is 5.78 Å². The number of phenolic OH excluding ortho intramolecular Hbond substituents is 1. The van der Waals surface area contributed by atoms with Crippen LogP contribution in [0.4, 0.5) is 0 Å². The predicted molar refractivity (Wildman–Crippen MR) is 85.5 cm³/mol. The highest BCUT2D eigenvalue weighted by Crippen LogP contribution is 2.49. The van der Waals surface area contributed by atoms with Crippen LogP contribution in [0, 0.1) is 11.3 Å². The van der Waals surface area contributed by atoms with Gasteiger partial charge in [-0.2, -0.15) is 0 Å². The van der Waals surface area contributed by atoms with Gasteiger partial charge in [-0.05, 0) is 49.7 Å². The van der Waals surface area contributed by atoms with Crippen molar-refractivity contribution < 1.29 is 9.90 Å². The molecule has 2 nitrogen and oxygen atoms in total. The van der Waals surface area contributed by atoms with Crippen molar-refractivity contribution >= 4 is 29.0 Å². The molecule has 0 bridgehead atoms. The number of aromatic hydroxyl groups is 1. The van der Waals surface area contributed by atoms with E-state index in [1.807, 2.05) is 0 Å². The van der Waals surface area contributed by atoms with Gasteiger partial charge >= 0.3 is 0 Å². The van der Waals surface area contributed by atoms with Crippen LogP contribution < -0.4 is 0 Å². The molecule has 1 aromatic rings. The Morgan fingerprint density at radius 3 is 2.52 bits per heavy atom. The summed E-state index contributed by atoms with van der Waals surface area (Å²) < 4.78 is 0. The van der Waals surface area contributed by atoms with E-state index in [2.05, 4.69) is 6.92 Å². The topological polar surface area (TPSA) is 37.3 Å². The Kier molecular flexibility index (Phi) is 3.96.